The fourth-order valence-electron chi connectivity index (χ4n) is 4.39. The van der Waals surface area contributed by atoms with Gasteiger partial charge in [-0.3, -0.25) is 29.5 Å². The van der Waals surface area contributed by atoms with Crippen LogP contribution < -0.4 is 15.1 Å². The van der Waals surface area contributed by atoms with Gasteiger partial charge in [-0.25, -0.2) is 4.79 Å². The third kappa shape index (κ3) is 3.33. The van der Waals surface area contributed by atoms with E-state index in [9.17, 15) is 19.2 Å². The van der Waals surface area contributed by atoms with E-state index in [2.05, 4.69) is 5.32 Å². The summed E-state index contributed by atoms with van der Waals surface area (Å²) in [6, 6.07) is 11.6. The average molecular weight is 439 g/mol. The molecule has 0 radical (unpaired) electrons. The number of fused-ring (bicyclic) bond motifs is 1. The van der Waals surface area contributed by atoms with Gasteiger partial charge in [0.15, 0.2) is 0 Å². The van der Waals surface area contributed by atoms with Crippen molar-refractivity contribution in [1.82, 2.24) is 10.2 Å². The third-order valence-electron chi connectivity index (χ3n) is 5.95. The van der Waals surface area contributed by atoms with Crippen LogP contribution in [-0.4, -0.2) is 47.8 Å². The molecule has 31 heavy (non-hydrogen) atoms. The molecule has 1 unspecified atom stereocenters. The monoisotopic (exact) mass is 438 g/mol. The molecule has 0 aliphatic carbocycles. The predicted octanol–water partition coefficient (Wildman–Crippen LogP) is 2.55. The fraction of sp³-hybridized carbons (Fsp3) is 0.273. The van der Waals surface area contributed by atoms with Gasteiger partial charge in [-0.05, 0) is 48.4 Å². The second kappa shape index (κ2) is 7.39. The Morgan fingerprint density at radius 2 is 1.68 bits per heavy atom. The molecule has 2 saturated heterocycles. The minimum Gasteiger partial charge on any atom is -0.322 e. The average Bonchev–Trinajstić information content (AvgIpc) is 3.28. The summed E-state index contributed by atoms with van der Waals surface area (Å²) in [6.07, 6.45) is 0.528. The number of rotatable bonds is 3. The lowest BCUT2D eigenvalue weighted by atomic mass is 10.0. The summed E-state index contributed by atoms with van der Waals surface area (Å²) in [5.41, 5.74) is 2.72. The Morgan fingerprint density at radius 1 is 0.935 bits per heavy atom. The highest BCUT2D eigenvalue weighted by Gasteiger charge is 2.39. The van der Waals surface area contributed by atoms with Crippen molar-refractivity contribution >= 4 is 46.7 Å². The maximum absolute atomic E-state index is 13.0. The molecule has 2 aromatic carbocycles. The molecule has 3 aliphatic heterocycles. The number of amides is 5. The van der Waals surface area contributed by atoms with Crippen LogP contribution >= 0.6 is 11.6 Å². The van der Waals surface area contributed by atoms with Gasteiger partial charge in [0, 0.05) is 48.0 Å². The number of hydrogen-bond acceptors (Lipinski definition) is 4. The van der Waals surface area contributed by atoms with Crippen molar-refractivity contribution in [3.63, 3.8) is 0 Å². The molecule has 158 valence electrons. The van der Waals surface area contributed by atoms with Crippen LogP contribution in [0.2, 0.25) is 5.02 Å². The maximum atomic E-state index is 13.0. The summed E-state index contributed by atoms with van der Waals surface area (Å²) in [5, 5.41) is 2.86. The smallest absolute Gasteiger partial charge is 0.322 e. The van der Waals surface area contributed by atoms with Crippen molar-refractivity contribution in [2.24, 2.45) is 0 Å². The Kier molecular flexibility index (Phi) is 4.66. The maximum Gasteiger partial charge on any atom is 0.329 e. The Hall–Kier alpha value is -3.39. The highest BCUT2D eigenvalue weighted by molar-refractivity contribution is 6.31. The molecule has 5 rings (SSSR count). The second-order valence-corrected chi connectivity index (χ2v) is 8.24. The minimum atomic E-state index is -0.659. The number of piperidine rings is 1. The molecule has 1 N–H and O–H groups in total. The molecule has 9 heteroatoms. The molecular weight excluding hydrogens is 420 g/mol. The quantitative estimate of drug-likeness (QED) is 0.746. The molecule has 8 nitrogen and oxygen atoms in total. The van der Waals surface area contributed by atoms with Crippen LogP contribution in [-0.2, 0) is 16.1 Å². The predicted molar refractivity (Wildman–Crippen MR) is 114 cm³/mol. The third-order valence-corrected chi connectivity index (χ3v) is 6.18. The van der Waals surface area contributed by atoms with Crippen LogP contribution in [0.5, 0.6) is 0 Å². The Morgan fingerprint density at radius 3 is 2.39 bits per heavy atom. The summed E-state index contributed by atoms with van der Waals surface area (Å²) in [6.45, 7) is 1.31. The van der Waals surface area contributed by atoms with Crippen LogP contribution in [0.3, 0.4) is 0 Å². The Balaban J connectivity index is 1.36. The van der Waals surface area contributed by atoms with E-state index in [1.54, 1.807) is 40.1 Å². The van der Waals surface area contributed by atoms with Crippen molar-refractivity contribution in [2.75, 3.05) is 22.9 Å². The lowest BCUT2D eigenvalue weighted by Crippen LogP contribution is -2.52. The first-order valence-corrected chi connectivity index (χ1v) is 10.4. The number of nitrogens with zero attached hydrogens (tertiary/aromatic N) is 3. The SMILES string of the molecule is O=C1CCC(N2Cc3cc(N4CCN(c5cccc(Cl)c5)C4=O)ccc3C2=O)C(=O)N1. The van der Waals surface area contributed by atoms with E-state index in [1.165, 1.54) is 4.90 Å². The lowest BCUT2D eigenvalue weighted by Gasteiger charge is -2.29. The van der Waals surface area contributed by atoms with Crippen LogP contribution in [0.1, 0.15) is 28.8 Å². The molecule has 2 fully saturated rings. The van der Waals surface area contributed by atoms with E-state index >= 15 is 0 Å². The molecule has 3 heterocycles. The summed E-state index contributed by atoms with van der Waals surface area (Å²) in [5.74, 6) is -0.988. The van der Waals surface area contributed by atoms with E-state index in [4.69, 9.17) is 11.6 Å². The minimum absolute atomic E-state index is 0.159. The first-order chi connectivity index (χ1) is 14.9. The van der Waals surface area contributed by atoms with E-state index in [1.807, 2.05) is 12.1 Å². The van der Waals surface area contributed by atoms with E-state index in [0.29, 0.717) is 35.8 Å². The van der Waals surface area contributed by atoms with Crippen LogP contribution in [0.25, 0.3) is 0 Å². The topological polar surface area (TPSA) is 90.0 Å². The van der Waals surface area contributed by atoms with Gasteiger partial charge in [-0.2, -0.15) is 0 Å². The first-order valence-electron chi connectivity index (χ1n) is 10.0. The second-order valence-electron chi connectivity index (χ2n) is 7.81. The number of urea groups is 1. The van der Waals surface area contributed by atoms with Gasteiger partial charge in [0.25, 0.3) is 5.91 Å². The van der Waals surface area contributed by atoms with Gasteiger partial charge in [0.2, 0.25) is 11.8 Å². The standard InChI is InChI=1S/C22H19ClN4O4/c23-14-2-1-3-15(11-14)25-8-9-26(22(25)31)16-4-5-17-13(10-16)12-27(21(17)30)18-6-7-19(28)24-20(18)29/h1-5,10-11,18H,6-9,12H2,(H,24,28,29). The summed E-state index contributed by atoms with van der Waals surface area (Å²) >= 11 is 6.06. The number of anilines is 2. The normalized spacial score (nSPS) is 21.1. The number of carbonyl (C=O) groups is 4. The zero-order valence-corrected chi connectivity index (χ0v) is 17.3. The molecule has 2 aromatic rings. The Labute approximate surface area is 183 Å². The van der Waals surface area contributed by atoms with E-state index in [0.717, 1.165) is 11.3 Å². The van der Waals surface area contributed by atoms with Crippen LogP contribution in [0.4, 0.5) is 16.2 Å². The number of carbonyl (C=O) groups excluding carboxylic acids is 4. The van der Waals surface area contributed by atoms with Crippen LogP contribution in [0, 0.1) is 0 Å². The van der Waals surface area contributed by atoms with Crippen molar-refractivity contribution in [3.8, 4) is 0 Å². The fourth-order valence-corrected chi connectivity index (χ4v) is 4.57. The molecule has 0 saturated carbocycles. The number of benzene rings is 2. The molecule has 3 aliphatic rings. The van der Waals surface area contributed by atoms with Gasteiger partial charge in [0.1, 0.15) is 6.04 Å². The molecule has 0 bridgehead atoms. The van der Waals surface area contributed by atoms with Gasteiger partial charge in [-0.15, -0.1) is 0 Å². The van der Waals surface area contributed by atoms with E-state index in [-0.39, 0.29) is 30.8 Å². The van der Waals surface area contributed by atoms with Gasteiger partial charge in [-0.1, -0.05) is 17.7 Å². The summed E-state index contributed by atoms with van der Waals surface area (Å²) in [4.78, 5) is 54.3. The highest BCUT2D eigenvalue weighted by Crippen LogP contribution is 2.32. The number of imide groups is 1. The van der Waals surface area contributed by atoms with Crippen LogP contribution in [0.15, 0.2) is 42.5 Å². The summed E-state index contributed by atoms with van der Waals surface area (Å²) in [7, 11) is 0. The van der Waals surface area contributed by atoms with Crippen molar-refractivity contribution in [3.05, 3.63) is 58.6 Å². The first kappa shape index (κ1) is 19.6. The van der Waals surface area contributed by atoms with Gasteiger partial charge in [0.05, 0.1) is 0 Å². The number of halogens is 1. The summed E-state index contributed by atoms with van der Waals surface area (Å²) < 4.78 is 0. The van der Waals surface area contributed by atoms with Crippen molar-refractivity contribution < 1.29 is 19.2 Å². The van der Waals surface area contributed by atoms with Gasteiger partial charge < -0.3 is 4.90 Å². The van der Waals surface area contributed by atoms with E-state index < -0.39 is 11.9 Å². The molecular formula is C22H19ClN4O4. The van der Waals surface area contributed by atoms with Crippen molar-refractivity contribution in [2.45, 2.75) is 25.4 Å². The number of hydrogen-bond donors (Lipinski definition) is 1. The number of nitrogens with one attached hydrogen (secondary N) is 1. The Bertz CT molecular complexity index is 1130. The molecule has 5 amide bonds. The molecule has 1 atom stereocenters. The highest BCUT2D eigenvalue weighted by atomic mass is 35.5. The lowest BCUT2D eigenvalue weighted by molar-refractivity contribution is -0.136. The molecule has 0 spiro atoms. The largest absolute Gasteiger partial charge is 0.329 e. The van der Waals surface area contributed by atoms with Gasteiger partial charge >= 0.3 is 6.03 Å². The zero-order valence-electron chi connectivity index (χ0n) is 16.5. The van der Waals surface area contributed by atoms with Crippen molar-refractivity contribution in [1.29, 1.82) is 0 Å². The molecule has 0 aromatic heterocycles. The zero-order chi connectivity index (χ0) is 21.7.